The molecule has 0 radical (unpaired) electrons. The summed E-state index contributed by atoms with van der Waals surface area (Å²) in [6, 6.07) is 2.97. The van der Waals surface area contributed by atoms with Crippen molar-refractivity contribution in [3.63, 3.8) is 0 Å². The summed E-state index contributed by atoms with van der Waals surface area (Å²) in [5.74, 6) is 0.456. The number of aryl methyl sites for hydroxylation is 1. The third-order valence-corrected chi connectivity index (χ3v) is 9.56. The molecule has 1 fully saturated rings. The number of aromatic amines is 1. The van der Waals surface area contributed by atoms with Crippen LogP contribution in [0.25, 0.3) is 10.3 Å². The molecule has 1 amide bonds. The molecule has 1 saturated heterocycles. The molecule has 0 atom stereocenters. The van der Waals surface area contributed by atoms with E-state index in [0.29, 0.717) is 17.7 Å². The van der Waals surface area contributed by atoms with Crippen LogP contribution in [-0.4, -0.2) is 30.0 Å². The first-order valence-electron chi connectivity index (χ1n) is 8.57. The van der Waals surface area contributed by atoms with Gasteiger partial charge in [-0.15, -0.1) is 11.3 Å². The summed E-state index contributed by atoms with van der Waals surface area (Å²) >= 11 is 1.66. The zero-order chi connectivity index (χ0) is 16.8. The quantitative estimate of drug-likeness (QED) is 0.792. The molecular formula is C17H27N3OSSi. The first kappa shape index (κ1) is 16.7. The van der Waals surface area contributed by atoms with Gasteiger partial charge in [-0.2, -0.15) is 0 Å². The lowest BCUT2D eigenvalue weighted by atomic mass is 10.1. The Morgan fingerprint density at radius 1 is 1.35 bits per heavy atom. The molecule has 3 heterocycles. The molecule has 1 aliphatic rings. The molecule has 0 unspecified atom stereocenters. The molecule has 3 rings (SSSR count). The predicted octanol–water partition coefficient (Wildman–Crippen LogP) is 4.66. The van der Waals surface area contributed by atoms with Gasteiger partial charge in [0.2, 0.25) is 0 Å². The fourth-order valence-electron chi connectivity index (χ4n) is 3.28. The summed E-state index contributed by atoms with van der Waals surface area (Å²) in [4.78, 5) is 21.6. The Hall–Kier alpha value is -1.14. The second kappa shape index (κ2) is 6.05. The molecular weight excluding hydrogens is 322 g/mol. The smallest absolute Gasteiger partial charge is 0.268 e. The number of fused-ring (bicyclic) bond motifs is 1. The molecule has 6 heteroatoms. The maximum atomic E-state index is 12.6. The van der Waals surface area contributed by atoms with Crippen LogP contribution in [0, 0.1) is 6.92 Å². The zero-order valence-corrected chi connectivity index (χ0v) is 16.6. The second-order valence-electron chi connectivity index (χ2n) is 7.92. The van der Waals surface area contributed by atoms with Crippen molar-refractivity contribution < 1.29 is 4.79 Å². The summed E-state index contributed by atoms with van der Waals surface area (Å²) in [5.41, 5.74) is 2.63. The van der Waals surface area contributed by atoms with Crippen molar-refractivity contribution in [1.82, 2.24) is 15.3 Å². The molecule has 0 aliphatic carbocycles. The largest absolute Gasteiger partial charge is 0.348 e. The van der Waals surface area contributed by atoms with Gasteiger partial charge < -0.3 is 10.3 Å². The number of aromatic nitrogens is 2. The van der Waals surface area contributed by atoms with Crippen molar-refractivity contribution in [2.24, 2.45) is 0 Å². The highest BCUT2D eigenvalue weighted by molar-refractivity contribution is 7.18. The summed E-state index contributed by atoms with van der Waals surface area (Å²) in [7, 11) is -0.974. The highest BCUT2D eigenvalue weighted by atomic mass is 32.1. The number of nitrogens with one attached hydrogen (secondary N) is 2. The van der Waals surface area contributed by atoms with E-state index in [1.807, 2.05) is 6.92 Å². The Morgan fingerprint density at radius 3 is 2.57 bits per heavy atom. The van der Waals surface area contributed by atoms with E-state index in [4.69, 9.17) is 4.98 Å². The average Bonchev–Trinajstić information content (AvgIpc) is 3.01. The van der Waals surface area contributed by atoms with Gasteiger partial charge in [-0.1, -0.05) is 39.0 Å². The van der Waals surface area contributed by atoms with Crippen molar-refractivity contribution in [2.45, 2.75) is 70.8 Å². The minimum atomic E-state index is -0.974. The van der Waals surface area contributed by atoms with Crippen LogP contribution in [0.1, 0.15) is 53.7 Å². The molecule has 4 nitrogen and oxygen atoms in total. The Kier molecular flexibility index (Phi) is 4.40. The Bertz CT molecular complexity index is 722. The molecule has 1 aliphatic heterocycles. The normalized spacial score (nSPS) is 18.7. The summed E-state index contributed by atoms with van der Waals surface area (Å²) in [6.45, 7) is 11.2. The number of amides is 1. The van der Waals surface area contributed by atoms with Crippen LogP contribution in [0.15, 0.2) is 0 Å². The maximum Gasteiger partial charge on any atom is 0.268 e. The average molecular weight is 350 g/mol. The minimum Gasteiger partial charge on any atom is -0.348 e. The van der Waals surface area contributed by atoms with E-state index in [-0.39, 0.29) is 5.91 Å². The van der Waals surface area contributed by atoms with Crippen LogP contribution in [0.5, 0.6) is 0 Å². The second-order valence-corrected chi connectivity index (χ2v) is 14.3. The van der Waals surface area contributed by atoms with Crippen LogP contribution in [0.3, 0.4) is 0 Å². The highest BCUT2D eigenvalue weighted by Crippen LogP contribution is 2.31. The molecule has 0 spiro atoms. The Balaban J connectivity index is 1.74. The van der Waals surface area contributed by atoms with Gasteiger partial charge in [0.15, 0.2) is 0 Å². The van der Waals surface area contributed by atoms with Crippen molar-refractivity contribution in [3.8, 4) is 0 Å². The lowest BCUT2D eigenvalue weighted by Gasteiger charge is -2.33. The van der Waals surface area contributed by atoms with E-state index in [0.717, 1.165) is 33.8 Å². The van der Waals surface area contributed by atoms with Crippen molar-refractivity contribution in [1.29, 1.82) is 0 Å². The molecule has 0 saturated carbocycles. The van der Waals surface area contributed by atoms with Crippen LogP contribution in [0.2, 0.25) is 25.2 Å². The molecule has 0 bridgehead atoms. The maximum absolute atomic E-state index is 12.6. The van der Waals surface area contributed by atoms with Crippen LogP contribution in [-0.2, 0) is 0 Å². The molecule has 2 aromatic rings. The fourth-order valence-corrected chi connectivity index (χ4v) is 6.82. The van der Waals surface area contributed by atoms with E-state index in [1.54, 1.807) is 11.3 Å². The van der Waals surface area contributed by atoms with Gasteiger partial charge in [0.05, 0.1) is 5.01 Å². The Morgan fingerprint density at radius 2 is 2.00 bits per heavy atom. The number of rotatable bonds is 3. The van der Waals surface area contributed by atoms with Crippen LogP contribution >= 0.6 is 11.3 Å². The Labute approximate surface area is 143 Å². The highest BCUT2D eigenvalue weighted by Gasteiger charge is 2.30. The van der Waals surface area contributed by atoms with E-state index in [9.17, 15) is 4.79 Å². The van der Waals surface area contributed by atoms with Crippen molar-refractivity contribution in [3.05, 3.63) is 16.3 Å². The van der Waals surface area contributed by atoms with E-state index in [1.165, 1.54) is 12.1 Å². The third kappa shape index (κ3) is 3.38. The van der Waals surface area contributed by atoms with E-state index < -0.39 is 8.07 Å². The van der Waals surface area contributed by atoms with E-state index >= 15 is 0 Å². The first-order chi connectivity index (χ1) is 10.8. The first-order valence-corrected chi connectivity index (χ1v) is 12.8. The van der Waals surface area contributed by atoms with Gasteiger partial charge in [0.25, 0.3) is 5.91 Å². The zero-order valence-electron chi connectivity index (χ0n) is 14.7. The van der Waals surface area contributed by atoms with Crippen molar-refractivity contribution in [2.75, 3.05) is 0 Å². The predicted molar refractivity (Wildman–Crippen MR) is 100 cm³/mol. The number of H-pyrrole nitrogens is 1. The number of hydrogen-bond donors (Lipinski definition) is 2. The van der Waals surface area contributed by atoms with Gasteiger partial charge in [0, 0.05) is 25.6 Å². The molecule has 2 aromatic heterocycles. The molecule has 2 N–H and O–H groups in total. The van der Waals surface area contributed by atoms with Gasteiger partial charge in [-0.25, -0.2) is 4.98 Å². The van der Waals surface area contributed by atoms with Gasteiger partial charge in [-0.3, -0.25) is 4.79 Å². The molecule has 0 aromatic carbocycles. The standard InChI is InChI=1S/C17H27N3OSSi/c1-10(2)16-20-14-11(3)13(19-17(14)22-16)15(21)18-12-6-8-23(4,5)9-7-12/h10,12,19H,6-9H2,1-5H3,(H,18,21). The lowest BCUT2D eigenvalue weighted by Crippen LogP contribution is -2.42. The van der Waals surface area contributed by atoms with Crippen LogP contribution in [0.4, 0.5) is 0 Å². The molecule has 23 heavy (non-hydrogen) atoms. The lowest BCUT2D eigenvalue weighted by molar-refractivity contribution is 0.0929. The fraction of sp³-hybridized carbons (Fsp3) is 0.647. The molecule has 126 valence electrons. The summed E-state index contributed by atoms with van der Waals surface area (Å²) in [6.07, 6.45) is 2.27. The number of hydrogen-bond acceptors (Lipinski definition) is 3. The van der Waals surface area contributed by atoms with Crippen molar-refractivity contribution >= 4 is 35.7 Å². The number of carbonyl (C=O) groups is 1. The summed E-state index contributed by atoms with van der Waals surface area (Å²) < 4.78 is 0. The topological polar surface area (TPSA) is 57.8 Å². The SMILES string of the molecule is Cc1c(C(=O)NC2CC[Si](C)(C)CC2)[nH]c2sc(C(C)C)nc12. The summed E-state index contributed by atoms with van der Waals surface area (Å²) in [5, 5.41) is 4.36. The van der Waals surface area contributed by atoms with Crippen LogP contribution < -0.4 is 5.32 Å². The van der Waals surface area contributed by atoms with Gasteiger partial charge >= 0.3 is 0 Å². The number of carbonyl (C=O) groups excluding carboxylic acids is 1. The monoisotopic (exact) mass is 349 g/mol. The number of nitrogens with zero attached hydrogens (tertiary/aromatic N) is 1. The van der Waals surface area contributed by atoms with Gasteiger partial charge in [-0.05, 0) is 19.8 Å². The number of thiazole rings is 1. The van der Waals surface area contributed by atoms with E-state index in [2.05, 4.69) is 37.2 Å². The third-order valence-electron chi connectivity index (χ3n) is 5.01. The minimum absolute atomic E-state index is 0.0326. The van der Waals surface area contributed by atoms with Gasteiger partial charge in [0.1, 0.15) is 16.0 Å².